The molecule has 1 aliphatic heterocycles. The number of nitrogens with one attached hydrogen (secondary N) is 1. The Labute approximate surface area is 116 Å². The highest BCUT2D eigenvalue weighted by Gasteiger charge is 2.25. The fourth-order valence-corrected chi connectivity index (χ4v) is 2.66. The van der Waals surface area contributed by atoms with E-state index in [1.165, 1.54) is 12.1 Å². The zero-order valence-corrected chi connectivity index (χ0v) is 11.1. The molecule has 0 spiro atoms. The minimum atomic E-state index is -0.374. The monoisotopic (exact) mass is 273 g/mol. The molecule has 1 aliphatic rings. The van der Waals surface area contributed by atoms with E-state index in [1.54, 1.807) is 23.2 Å². The van der Waals surface area contributed by atoms with Crippen molar-refractivity contribution in [2.75, 3.05) is 13.1 Å². The van der Waals surface area contributed by atoms with E-state index in [0.29, 0.717) is 24.6 Å². The Hall–Kier alpha value is -2.17. The molecule has 104 valence electrons. The number of nitrogens with zero attached hydrogens (tertiary/aromatic N) is 2. The Morgan fingerprint density at radius 3 is 2.80 bits per heavy atom. The van der Waals surface area contributed by atoms with Gasteiger partial charge in [-0.1, -0.05) is 6.07 Å². The second kappa shape index (κ2) is 5.45. The van der Waals surface area contributed by atoms with Crippen molar-refractivity contribution >= 4 is 5.91 Å². The third kappa shape index (κ3) is 2.57. The summed E-state index contributed by atoms with van der Waals surface area (Å²) >= 11 is 0. The predicted molar refractivity (Wildman–Crippen MR) is 72.9 cm³/mol. The van der Waals surface area contributed by atoms with Gasteiger partial charge in [0, 0.05) is 37.0 Å². The summed E-state index contributed by atoms with van der Waals surface area (Å²) in [6.45, 7) is 1.36. The molecule has 1 amide bonds. The average molecular weight is 273 g/mol. The van der Waals surface area contributed by atoms with Gasteiger partial charge in [0.15, 0.2) is 0 Å². The lowest BCUT2D eigenvalue weighted by molar-refractivity contribution is 0.0710. The highest BCUT2D eigenvalue weighted by molar-refractivity contribution is 5.94. The van der Waals surface area contributed by atoms with Gasteiger partial charge >= 0.3 is 0 Å². The Morgan fingerprint density at radius 1 is 1.35 bits per heavy atom. The smallest absolute Gasteiger partial charge is 0.253 e. The quantitative estimate of drug-likeness (QED) is 0.914. The molecule has 2 aromatic rings. The second-order valence-electron chi connectivity index (χ2n) is 5.05. The van der Waals surface area contributed by atoms with Gasteiger partial charge in [0.2, 0.25) is 0 Å². The third-order valence-corrected chi connectivity index (χ3v) is 3.76. The summed E-state index contributed by atoms with van der Waals surface area (Å²) in [5, 5.41) is 0. The lowest BCUT2D eigenvalue weighted by Gasteiger charge is -2.31. The van der Waals surface area contributed by atoms with Gasteiger partial charge in [-0.2, -0.15) is 0 Å². The van der Waals surface area contributed by atoms with Gasteiger partial charge in [0.25, 0.3) is 5.91 Å². The van der Waals surface area contributed by atoms with Crippen LogP contribution in [-0.4, -0.2) is 33.9 Å². The molecule has 0 aliphatic carbocycles. The maximum absolute atomic E-state index is 13.2. The van der Waals surface area contributed by atoms with Gasteiger partial charge in [0.05, 0.1) is 0 Å². The molecular formula is C15H16FN3O. The molecule has 4 nitrogen and oxygen atoms in total. The Bertz CT molecular complexity index is 589. The van der Waals surface area contributed by atoms with Crippen LogP contribution in [0.5, 0.6) is 0 Å². The van der Waals surface area contributed by atoms with Crippen molar-refractivity contribution in [2.24, 2.45) is 0 Å². The van der Waals surface area contributed by atoms with Crippen LogP contribution in [0.1, 0.15) is 34.9 Å². The van der Waals surface area contributed by atoms with Crippen molar-refractivity contribution in [2.45, 2.75) is 18.8 Å². The van der Waals surface area contributed by atoms with Crippen LogP contribution in [0.4, 0.5) is 4.39 Å². The van der Waals surface area contributed by atoms with E-state index in [-0.39, 0.29) is 11.7 Å². The van der Waals surface area contributed by atoms with Crippen LogP contribution in [0, 0.1) is 5.82 Å². The summed E-state index contributed by atoms with van der Waals surface area (Å²) in [6.07, 6.45) is 5.34. The number of aromatic amines is 1. The van der Waals surface area contributed by atoms with Crippen LogP contribution < -0.4 is 0 Å². The molecule has 1 aromatic carbocycles. The second-order valence-corrected chi connectivity index (χ2v) is 5.05. The summed E-state index contributed by atoms with van der Waals surface area (Å²) in [5.41, 5.74) is 0.418. The van der Waals surface area contributed by atoms with Gasteiger partial charge in [-0.15, -0.1) is 0 Å². The molecule has 1 fully saturated rings. The van der Waals surface area contributed by atoms with E-state index in [9.17, 15) is 9.18 Å². The minimum absolute atomic E-state index is 0.0950. The summed E-state index contributed by atoms with van der Waals surface area (Å²) in [6, 6.07) is 5.86. The Morgan fingerprint density at radius 2 is 2.15 bits per heavy atom. The highest BCUT2D eigenvalue weighted by Crippen LogP contribution is 2.26. The first-order valence-corrected chi connectivity index (χ1v) is 6.78. The lowest BCUT2D eigenvalue weighted by atomic mass is 9.95. The van der Waals surface area contributed by atoms with Crippen LogP contribution in [0.2, 0.25) is 0 Å². The summed E-state index contributed by atoms with van der Waals surface area (Å²) in [5.74, 6) is 0.896. The van der Waals surface area contributed by atoms with Gasteiger partial charge < -0.3 is 9.88 Å². The number of hydrogen-bond acceptors (Lipinski definition) is 2. The number of rotatable bonds is 2. The number of halogens is 1. The molecule has 0 atom stereocenters. The maximum atomic E-state index is 13.2. The number of carbonyl (C=O) groups is 1. The number of imidazole rings is 1. The number of H-pyrrole nitrogens is 1. The van der Waals surface area contributed by atoms with E-state index in [2.05, 4.69) is 9.97 Å². The summed E-state index contributed by atoms with van der Waals surface area (Å²) < 4.78 is 13.2. The fourth-order valence-electron chi connectivity index (χ4n) is 2.66. The maximum Gasteiger partial charge on any atom is 0.253 e. The fraction of sp³-hybridized carbons (Fsp3) is 0.333. The number of hydrogen-bond donors (Lipinski definition) is 1. The molecule has 3 rings (SSSR count). The molecule has 0 radical (unpaired) electrons. The number of piperidine rings is 1. The summed E-state index contributed by atoms with van der Waals surface area (Å²) in [4.78, 5) is 21.5. The molecule has 5 heteroatoms. The molecule has 2 heterocycles. The van der Waals surface area contributed by atoms with Crippen LogP contribution in [0.25, 0.3) is 0 Å². The van der Waals surface area contributed by atoms with E-state index in [0.717, 1.165) is 18.7 Å². The lowest BCUT2D eigenvalue weighted by Crippen LogP contribution is -2.38. The highest BCUT2D eigenvalue weighted by atomic mass is 19.1. The average Bonchev–Trinajstić information content (AvgIpc) is 3.01. The van der Waals surface area contributed by atoms with Crippen LogP contribution in [0.3, 0.4) is 0 Å². The van der Waals surface area contributed by atoms with Crippen molar-refractivity contribution in [3.05, 3.63) is 53.9 Å². The number of aromatic nitrogens is 2. The van der Waals surface area contributed by atoms with Crippen LogP contribution in [-0.2, 0) is 0 Å². The topological polar surface area (TPSA) is 49.0 Å². The number of carbonyl (C=O) groups excluding carboxylic acids is 1. The molecule has 0 unspecified atom stereocenters. The third-order valence-electron chi connectivity index (χ3n) is 3.76. The first-order valence-electron chi connectivity index (χ1n) is 6.78. The summed E-state index contributed by atoms with van der Waals surface area (Å²) in [7, 11) is 0. The molecule has 1 N–H and O–H groups in total. The van der Waals surface area contributed by atoms with Crippen molar-refractivity contribution in [1.29, 1.82) is 0 Å². The molecule has 0 bridgehead atoms. The van der Waals surface area contributed by atoms with Gasteiger partial charge in [-0.25, -0.2) is 9.37 Å². The van der Waals surface area contributed by atoms with Gasteiger partial charge in [-0.05, 0) is 31.0 Å². The van der Waals surface area contributed by atoms with Crippen molar-refractivity contribution in [3.8, 4) is 0 Å². The van der Waals surface area contributed by atoms with Gasteiger partial charge in [0.1, 0.15) is 11.6 Å². The van der Waals surface area contributed by atoms with Crippen molar-refractivity contribution in [3.63, 3.8) is 0 Å². The number of likely N-dealkylation sites (tertiary alicyclic amines) is 1. The van der Waals surface area contributed by atoms with Crippen LogP contribution in [0.15, 0.2) is 36.7 Å². The first-order chi connectivity index (χ1) is 9.74. The zero-order valence-electron chi connectivity index (χ0n) is 11.1. The standard InChI is InChI=1S/C15H16FN3O/c16-13-3-1-2-12(10-13)15(20)19-8-4-11(5-9-19)14-17-6-7-18-14/h1-3,6-7,10-11H,4-5,8-9H2,(H,17,18). The van der Waals surface area contributed by atoms with Gasteiger partial charge in [-0.3, -0.25) is 4.79 Å². The van der Waals surface area contributed by atoms with E-state index < -0.39 is 0 Å². The van der Waals surface area contributed by atoms with Crippen LogP contribution >= 0.6 is 0 Å². The zero-order chi connectivity index (χ0) is 13.9. The number of amides is 1. The molecule has 1 saturated heterocycles. The van der Waals surface area contributed by atoms with E-state index >= 15 is 0 Å². The van der Waals surface area contributed by atoms with Crippen molar-refractivity contribution in [1.82, 2.24) is 14.9 Å². The Balaban J connectivity index is 1.65. The molecule has 0 saturated carbocycles. The first kappa shape index (κ1) is 12.8. The SMILES string of the molecule is O=C(c1cccc(F)c1)N1CCC(c2ncc[nH]2)CC1. The normalized spacial score (nSPS) is 16.4. The minimum Gasteiger partial charge on any atom is -0.348 e. The van der Waals surface area contributed by atoms with Crippen molar-refractivity contribution < 1.29 is 9.18 Å². The number of benzene rings is 1. The van der Waals surface area contributed by atoms with E-state index in [1.807, 2.05) is 6.20 Å². The largest absolute Gasteiger partial charge is 0.348 e. The predicted octanol–water partition coefficient (Wildman–Crippen LogP) is 2.57. The van der Waals surface area contributed by atoms with E-state index in [4.69, 9.17) is 0 Å². The Kier molecular flexibility index (Phi) is 3.50. The molecule has 20 heavy (non-hydrogen) atoms. The molecule has 1 aromatic heterocycles. The molecular weight excluding hydrogens is 257 g/mol.